The molecule has 8 nitrogen and oxygen atoms in total. The average Bonchev–Trinajstić information content (AvgIpc) is 3.09. The number of aromatic nitrogens is 4. The quantitative estimate of drug-likeness (QED) is 0.412. The molecular formula is C26H23N5O3. The maximum Gasteiger partial charge on any atom is 0.187 e. The number of anilines is 1. The van der Waals surface area contributed by atoms with Gasteiger partial charge in [-0.15, -0.1) is 0 Å². The van der Waals surface area contributed by atoms with E-state index >= 15 is 0 Å². The lowest BCUT2D eigenvalue weighted by Gasteiger charge is -2.22. The van der Waals surface area contributed by atoms with Gasteiger partial charge in [0.25, 0.3) is 0 Å². The Labute approximate surface area is 195 Å². The van der Waals surface area contributed by atoms with Gasteiger partial charge in [0.15, 0.2) is 11.5 Å². The molecule has 5 aromatic rings. The number of phenolic OH excluding ortho intramolecular Hbond substituents is 1. The third kappa shape index (κ3) is 3.35. The molecule has 0 fully saturated rings. The van der Waals surface area contributed by atoms with Crippen LogP contribution in [0, 0.1) is 6.92 Å². The van der Waals surface area contributed by atoms with Gasteiger partial charge in [-0.25, -0.2) is 15.0 Å². The van der Waals surface area contributed by atoms with Crippen molar-refractivity contribution >= 4 is 27.8 Å². The number of ether oxygens (including phenoxy) is 2. The van der Waals surface area contributed by atoms with Crippen molar-refractivity contribution < 1.29 is 14.6 Å². The molecule has 0 amide bonds. The van der Waals surface area contributed by atoms with Crippen molar-refractivity contribution in [3.8, 4) is 28.4 Å². The Morgan fingerprint density at radius 2 is 1.91 bits per heavy atom. The number of rotatable bonds is 3. The van der Waals surface area contributed by atoms with Crippen molar-refractivity contribution in [2.45, 2.75) is 13.5 Å². The van der Waals surface area contributed by atoms with E-state index in [2.05, 4.69) is 49.1 Å². The van der Waals surface area contributed by atoms with Crippen LogP contribution in [0.5, 0.6) is 17.2 Å². The van der Waals surface area contributed by atoms with Crippen LogP contribution < -0.4 is 14.4 Å². The monoisotopic (exact) mass is 453 g/mol. The summed E-state index contributed by atoms with van der Waals surface area (Å²) in [5.74, 6) is 2.95. The number of aryl methyl sites for hydroxylation is 1. The van der Waals surface area contributed by atoms with Gasteiger partial charge in [0.2, 0.25) is 0 Å². The molecular weight excluding hydrogens is 430 g/mol. The zero-order valence-electron chi connectivity index (χ0n) is 18.9. The number of hydrogen-bond donors (Lipinski definition) is 2. The summed E-state index contributed by atoms with van der Waals surface area (Å²) in [6.07, 6.45) is 1.50. The number of imidazole rings is 1. The summed E-state index contributed by atoms with van der Waals surface area (Å²) in [6.45, 7) is 3.79. The zero-order chi connectivity index (χ0) is 23.2. The number of nitrogens with zero attached hydrogens (tertiary/aromatic N) is 4. The summed E-state index contributed by atoms with van der Waals surface area (Å²) in [5.41, 5.74) is 5.86. The molecule has 8 heteroatoms. The highest BCUT2D eigenvalue weighted by Gasteiger charge is 2.21. The number of aromatic hydroxyl groups is 1. The van der Waals surface area contributed by atoms with Crippen LogP contribution in [-0.2, 0) is 6.54 Å². The molecule has 0 bridgehead atoms. The van der Waals surface area contributed by atoms with Crippen molar-refractivity contribution in [3.05, 3.63) is 66.2 Å². The summed E-state index contributed by atoms with van der Waals surface area (Å²) in [4.78, 5) is 18.9. The van der Waals surface area contributed by atoms with Crippen molar-refractivity contribution in [1.82, 2.24) is 19.9 Å². The predicted octanol–water partition coefficient (Wildman–Crippen LogP) is 4.59. The van der Waals surface area contributed by atoms with Gasteiger partial charge in [-0.2, -0.15) is 0 Å². The maximum atomic E-state index is 10.2. The molecule has 0 aliphatic carbocycles. The van der Waals surface area contributed by atoms with Crippen molar-refractivity contribution in [2.24, 2.45) is 0 Å². The van der Waals surface area contributed by atoms with Crippen LogP contribution in [-0.4, -0.2) is 45.3 Å². The molecule has 3 aromatic carbocycles. The van der Waals surface area contributed by atoms with Gasteiger partial charge in [-0.1, -0.05) is 12.1 Å². The van der Waals surface area contributed by atoms with Crippen LogP contribution in [0.4, 0.5) is 5.82 Å². The normalized spacial score (nSPS) is 13.5. The minimum Gasteiger partial charge on any atom is -0.504 e. The lowest BCUT2D eigenvalue weighted by molar-refractivity contribution is 0.331. The summed E-state index contributed by atoms with van der Waals surface area (Å²) in [6, 6.07) is 16.0. The van der Waals surface area contributed by atoms with Crippen LogP contribution in [0.15, 0.2) is 54.9 Å². The third-order valence-electron chi connectivity index (χ3n) is 6.20. The fourth-order valence-corrected chi connectivity index (χ4v) is 4.60. The molecule has 3 heterocycles. The van der Waals surface area contributed by atoms with E-state index in [0.29, 0.717) is 31.0 Å². The van der Waals surface area contributed by atoms with E-state index in [1.165, 1.54) is 13.4 Å². The number of aromatic amines is 1. The van der Waals surface area contributed by atoms with Crippen LogP contribution in [0.1, 0.15) is 11.4 Å². The summed E-state index contributed by atoms with van der Waals surface area (Å²) >= 11 is 0. The summed E-state index contributed by atoms with van der Waals surface area (Å²) < 4.78 is 11.5. The first-order valence-corrected chi connectivity index (χ1v) is 11.1. The second kappa shape index (κ2) is 7.91. The first kappa shape index (κ1) is 20.3. The van der Waals surface area contributed by atoms with Gasteiger partial charge < -0.3 is 24.5 Å². The van der Waals surface area contributed by atoms with E-state index in [1.807, 2.05) is 25.1 Å². The van der Waals surface area contributed by atoms with Gasteiger partial charge in [0.1, 0.15) is 35.8 Å². The van der Waals surface area contributed by atoms with E-state index in [9.17, 15) is 5.11 Å². The van der Waals surface area contributed by atoms with Gasteiger partial charge in [-0.05, 0) is 54.4 Å². The first-order valence-electron chi connectivity index (χ1n) is 11.1. The maximum absolute atomic E-state index is 10.2. The summed E-state index contributed by atoms with van der Waals surface area (Å²) in [5, 5.41) is 11.0. The number of hydrogen-bond acceptors (Lipinski definition) is 7. The van der Waals surface area contributed by atoms with Crippen LogP contribution >= 0.6 is 0 Å². The Morgan fingerprint density at radius 1 is 1.06 bits per heavy atom. The molecule has 0 unspecified atom stereocenters. The van der Waals surface area contributed by atoms with Crippen LogP contribution in [0.2, 0.25) is 0 Å². The average molecular weight is 454 g/mol. The molecule has 0 saturated heterocycles. The molecule has 0 saturated carbocycles. The number of fused-ring (bicyclic) bond motifs is 3. The minimum atomic E-state index is 0.0540. The Balaban J connectivity index is 1.40. The second-order valence-electron chi connectivity index (χ2n) is 8.36. The van der Waals surface area contributed by atoms with Crippen molar-refractivity contribution in [1.29, 1.82) is 0 Å². The first-order chi connectivity index (χ1) is 16.6. The van der Waals surface area contributed by atoms with E-state index in [1.54, 1.807) is 6.07 Å². The molecule has 0 radical (unpaired) electrons. The Morgan fingerprint density at radius 3 is 2.79 bits per heavy atom. The predicted molar refractivity (Wildman–Crippen MR) is 131 cm³/mol. The Bertz CT molecular complexity index is 1550. The third-order valence-corrected chi connectivity index (χ3v) is 6.20. The van der Waals surface area contributed by atoms with E-state index < -0.39 is 0 Å². The smallest absolute Gasteiger partial charge is 0.187 e. The van der Waals surface area contributed by atoms with Gasteiger partial charge in [0, 0.05) is 17.5 Å². The highest BCUT2D eigenvalue weighted by atomic mass is 16.5. The molecule has 1 aliphatic rings. The second-order valence-corrected chi connectivity index (χ2v) is 8.36. The van der Waals surface area contributed by atoms with Crippen molar-refractivity contribution in [2.75, 3.05) is 25.2 Å². The van der Waals surface area contributed by atoms with Gasteiger partial charge in [0.05, 0.1) is 24.7 Å². The molecule has 1 aliphatic heterocycles. The Hall–Kier alpha value is -4.33. The van der Waals surface area contributed by atoms with Crippen molar-refractivity contribution in [3.63, 3.8) is 0 Å². The molecule has 0 spiro atoms. The number of phenols is 1. The topological polar surface area (TPSA) is 96.4 Å². The summed E-state index contributed by atoms with van der Waals surface area (Å²) in [7, 11) is 1.52. The van der Waals surface area contributed by atoms with E-state index in [-0.39, 0.29) is 5.75 Å². The SMILES string of the molecule is COc1c(O)ccc2c(N3CCOc4ccc(-c5ccc6nc(C)[nH]c6c5)cc4C3)ncnc12. The largest absolute Gasteiger partial charge is 0.504 e. The molecule has 2 aromatic heterocycles. The fourth-order valence-electron chi connectivity index (χ4n) is 4.60. The van der Waals surface area contributed by atoms with E-state index in [4.69, 9.17) is 9.47 Å². The molecule has 2 N–H and O–H groups in total. The molecule has 6 rings (SSSR count). The Kier molecular flexibility index (Phi) is 4.72. The standard InChI is InChI=1S/C26H23N5O3/c1-15-29-20-6-3-17(12-21(20)30-15)16-4-8-23-18(11-16)13-31(9-10-34-23)26-19-5-7-22(32)25(33-2)24(19)27-14-28-26/h3-8,11-12,14,32H,9-10,13H2,1-2H3,(H,29,30). The lowest BCUT2D eigenvalue weighted by atomic mass is 10.0. The molecule has 170 valence electrons. The number of methoxy groups -OCH3 is 1. The number of benzene rings is 3. The minimum absolute atomic E-state index is 0.0540. The highest BCUT2D eigenvalue weighted by Crippen LogP contribution is 2.38. The molecule has 34 heavy (non-hydrogen) atoms. The van der Waals surface area contributed by atoms with Crippen LogP contribution in [0.3, 0.4) is 0 Å². The fraction of sp³-hybridized carbons (Fsp3) is 0.192. The highest BCUT2D eigenvalue weighted by molar-refractivity contribution is 5.95. The van der Waals surface area contributed by atoms with E-state index in [0.717, 1.165) is 50.5 Å². The zero-order valence-corrected chi connectivity index (χ0v) is 18.9. The van der Waals surface area contributed by atoms with Gasteiger partial charge >= 0.3 is 0 Å². The van der Waals surface area contributed by atoms with Gasteiger partial charge in [-0.3, -0.25) is 0 Å². The number of nitrogens with one attached hydrogen (secondary N) is 1. The number of H-pyrrole nitrogens is 1. The lowest BCUT2D eigenvalue weighted by Crippen LogP contribution is -2.26. The van der Waals surface area contributed by atoms with Crippen LogP contribution in [0.25, 0.3) is 33.1 Å². The molecule has 0 atom stereocenters.